The topological polar surface area (TPSA) is 77.9 Å². The second-order valence-electron chi connectivity index (χ2n) is 6.50. The van der Waals surface area contributed by atoms with E-state index in [1.54, 1.807) is 9.80 Å². The van der Waals surface area contributed by atoms with E-state index in [-0.39, 0.29) is 30.7 Å². The fourth-order valence-corrected chi connectivity index (χ4v) is 3.60. The van der Waals surface area contributed by atoms with Crippen molar-refractivity contribution in [3.05, 3.63) is 29.8 Å². The lowest BCUT2D eigenvalue weighted by Gasteiger charge is -2.22. The molecule has 3 rings (SSSR count). The van der Waals surface area contributed by atoms with Gasteiger partial charge in [-0.15, -0.1) is 0 Å². The predicted octanol–water partition coefficient (Wildman–Crippen LogP) is 1.53. The van der Waals surface area contributed by atoms with Crippen LogP contribution in [0.1, 0.15) is 25.3 Å². The molecule has 128 valence electrons. The molecule has 2 saturated heterocycles. The Balaban J connectivity index is 1.71. The third-order valence-electron chi connectivity index (χ3n) is 4.99. The van der Waals surface area contributed by atoms with E-state index in [2.05, 4.69) is 0 Å². The zero-order valence-electron chi connectivity index (χ0n) is 13.8. The average Bonchev–Trinajstić information content (AvgIpc) is 3.21. The summed E-state index contributed by atoms with van der Waals surface area (Å²) in [6.07, 6.45) is 1.51. The number of aryl methyl sites for hydroxylation is 1. The van der Waals surface area contributed by atoms with E-state index in [1.807, 2.05) is 31.2 Å². The smallest absolute Gasteiger partial charge is 0.308 e. The highest BCUT2D eigenvalue weighted by Crippen LogP contribution is 2.30. The zero-order valence-corrected chi connectivity index (χ0v) is 13.8. The Morgan fingerprint density at radius 3 is 2.62 bits per heavy atom. The summed E-state index contributed by atoms with van der Waals surface area (Å²) in [5, 5.41) is 9.07. The van der Waals surface area contributed by atoms with Gasteiger partial charge in [-0.3, -0.25) is 14.4 Å². The quantitative estimate of drug-likeness (QED) is 0.908. The molecule has 0 aliphatic carbocycles. The Kier molecular flexibility index (Phi) is 4.55. The van der Waals surface area contributed by atoms with Crippen molar-refractivity contribution in [3.8, 4) is 0 Å². The Morgan fingerprint density at radius 1 is 1.21 bits per heavy atom. The van der Waals surface area contributed by atoms with Crippen LogP contribution in [0.5, 0.6) is 0 Å². The van der Waals surface area contributed by atoms with E-state index in [9.17, 15) is 14.4 Å². The Hall–Kier alpha value is -2.37. The first-order valence-corrected chi connectivity index (χ1v) is 8.41. The van der Waals surface area contributed by atoms with Crippen LogP contribution in [0, 0.1) is 11.8 Å². The highest BCUT2D eigenvalue weighted by atomic mass is 16.4. The fraction of sp³-hybridized carbons (Fsp3) is 0.500. The monoisotopic (exact) mass is 330 g/mol. The Labute approximate surface area is 141 Å². The van der Waals surface area contributed by atoms with Gasteiger partial charge >= 0.3 is 5.97 Å². The van der Waals surface area contributed by atoms with Crippen LogP contribution in [-0.2, 0) is 20.8 Å². The highest BCUT2D eigenvalue weighted by Gasteiger charge is 2.40. The van der Waals surface area contributed by atoms with Gasteiger partial charge in [0.25, 0.3) is 0 Å². The third-order valence-corrected chi connectivity index (χ3v) is 4.99. The molecule has 2 aliphatic rings. The zero-order chi connectivity index (χ0) is 17.3. The van der Waals surface area contributed by atoms with Crippen LogP contribution in [-0.4, -0.2) is 47.4 Å². The molecule has 24 heavy (non-hydrogen) atoms. The van der Waals surface area contributed by atoms with Crippen molar-refractivity contribution in [1.82, 2.24) is 4.90 Å². The number of benzene rings is 1. The first-order valence-electron chi connectivity index (χ1n) is 8.41. The molecule has 6 heteroatoms. The van der Waals surface area contributed by atoms with E-state index < -0.39 is 11.9 Å². The number of carbonyl (C=O) groups excluding carboxylic acids is 2. The SMILES string of the molecule is CCc1ccccc1N1C[C@H](C(=O)N2CC[C@@H](C(=O)O)C2)CC1=O. The number of hydrogen-bond donors (Lipinski definition) is 1. The van der Waals surface area contributed by atoms with Gasteiger partial charge in [-0.25, -0.2) is 0 Å². The minimum Gasteiger partial charge on any atom is -0.481 e. The number of amides is 2. The van der Waals surface area contributed by atoms with Crippen LogP contribution in [0.25, 0.3) is 0 Å². The van der Waals surface area contributed by atoms with Gasteiger partial charge in [-0.05, 0) is 24.5 Å². The number of likely N-dealkylation sites (tertiary alicyclic amines) is 1. The molecule has 0 radical (unpaired) electrons. The van der Waals surface area contributed by atoms with E-state index in [0.29, 0.717) is 19.5 Å². The Bertz CT molecular complexity index is 673. The summed E-state index contributed by atoms with van der Waals surface area (Å²) < 4.78 is 0. The second-order valence-corrected chi connectivity index (χ2v) is 6.50. The number of nitrogens with zero attached hydrogens (tertiary/aromatic N) is 2. The van der Waals surface area contributed by atoms with Gasteiger partial charge in [0.05, 0.1) is 11.8 Å². The van der Waals surface area contributed by atoms with Gasteiger partial charge < -0.3 is 14.9 Å². The third kappa shape index (κ3) is 3.00. The normalized spacial score (nSPS) is 23.8. The molecule has 2 heterocycles. The summed E-state index contributed by atoms with van der Waals surface area (Å²) >= 11 is 0. The van der Waals surface area contributed by atoms with Gasteiger partial charge in [0, 0.05) is 31.7 Å². The second kappa shape index (κ2) is 6.63. The lowest BCUT2D eigenvalue weighted by molar-refractivity contribution is -0.141. The molecule has 0 spiro atoms. The first kappa shape index (κ1) is 16.5. The molecule has 2 fully saturated rings. The number of hydrogen-bond acceptors (Lipinski definition) is 3. The number of carbonyl (C=O) groups is 3. The minimum absolute atomic E-state index is 0.0387. The maximum Gasteiger partial charge on any atom is 0.308 e. The molecule has 2 aliphatic heterocycles. The van der Waals surface area contributed by atoms with Gasteiger partial charge in [-0.1, -0.05) is 25.1 Å². The summed E-state index contributed by atoms with van der Waals surface area (Å²) in [4.78, 5) is 39.4. The first-order chi connectivity index (χ1) is 11.5. The lowest BCUT2D eigenvalue weighted by atomic mass is 10.1. The summed E-state index contributed by atoms with van der Waals surface area (Å²) in [5.74, 6) is -1.85. The molecule has 1 aromatic carbocycles. The predicted molar refractivity (Wildman–Crippen MR) is 88.6 cm³/mol. The van der Waals surface area contributed by atoms with E-state index in [0.717, 1.165) is 17.7 Å². The van der Waals surface area contributed by atoms with Crippen LogP contribution in [0.2, 0.25) is 0 Å². The molecule has 2 amide bonds. The summed E-state index contributed by atoms with van der Waals surface area (Å²) in [6, 6.07) is 7.76. The summed E-state index contributed by atoms with van der Waals surface area (Å²) in [6.45, 7) is 3.14. The van der Waals surface area contributed by atoms with Crippen LogP contribution in [0.15, 0.2) is 24.3 Å². The maximum atomic E-state index is 12.6. The maximum absolute atomic E-state index is 12.6. The molecule has 0 unspecified atom stereocenters. The molecule has 2 atom stereocenters. The average molecular weight is 330 g/mol. The van der Waals surface area contributed by atoms with E-state index in [1.165, 1.54) is 0 Å². The number of rotatable bonds is 4. The standard InChI is InChI=1S/C18H22N2O4/c1-2-12-5-3-4-6-15(12)20-11-14(9-16(20)21)17(22)19-8-7-13(10-19)18(23)24/h3-6,13-14H,2,7-11H2,1H3,(H,23,24)/t13-,14-/m1/s1. The molecule has 0 aromatic heterocycles. The number of aliphatic carboxylic acids is 1. The Morgan fingerprint density at radius 2 is 1.96 bits per heavy atom. The number of anilines is 1. The molecular weight excluding hydrogens is 308 g/mol. The van der Waals surface area contributed by atoms with Crippen LogP contribution < -0.4 is 4.90 Å². The molecule has 1 N–H and O–H groups in total. The van der Waals surface area contributed by atoms with Crippen molar-refractivity contribution in [2.45, 2.75) is 26.2 Å². The molecule has 1 aromatic rings. The van der Waals surface area contributed by atoms with Crippen molar-refractivity contribution >= 4 is 23.5 Å². The van der Waals surface area contributed by atoms with Crippen LogP contribution in [0.4, 0.5) is 5.69 Å². The molecule has 0 saturated carbocycles. The van der Waals surface area contributed by atoms with Gasteiger partial charge in [0.15, 0.2) is 0 Å². The summed E-state index contributed by atoms with van der Waals surface area (Å²) in [7, 11) is 0. The lowest BCUT2D eigenvalue weighted by Crippen LogP contribution is -2.36. The van der Waals surface area contributed by atoms with Gasteiger partial charge in [-0.2, -0.15) is 0 Å². The molecule has 0 bridgehead atoms. The van der Waals surface area contributed by atoms with Crippen molar-refractivity contribution < 1.29 is 19.5 Å². The number of carboxylic acids is 1. The van der Waals surface area contributed by atoms with Crippen molar-refractivity contribution in [2.24, 2.45) is 11.8 Å². The largest absolute Gasteiger partial charge is 0.481 e. The number of carboxylic acid groups (broad SMARTS) is 1. The molecular formula is C18H22N2O4. The van der Waals surface area contributed by atoms with E-state index >= 15 is 0 Å². The van der Waals surface area contributed by atoms with Crippen LogP contribution in [0.3, 0.4) is 0 Å². The van der Waals surface area contributed by atoms with Gasteiger partial charge in [0.1, 0.15) is 0 Å². The highest BCUT2D eigenvalue weighted by molar-refractivity contribution is 6.01. The van der Waals surface area contributed by atoms with E-state index in [4.69, 9.17) is 5.11 Å². The van der Waals surface area contributed by atoms with Gasteiger partial charge in [0.2, 0.25) is 11.8 Å². The minimum atomic E-state index is -0.855. The van der Waals surface area contributed by atoms with Crippen molar-refractivity contribution in [3.63, 3.8) is 0 Å². The van der Waals surface area contributed by atoms with Crippen molar-refractivity contribution in [2.75, 3.05) is 24.5 Å². The van der Waals surface area contributed by atoms with Crippen LogP contribution >= 0.6 is 0 Å². The fourth-order valence-electron chi connectivity index (χ4n) is 3.60. The molecule has 6 nitrogen and oxygen atoms in total. The number of para-hydroxylation sites is 1. The van der Waals surface area contributed by atoms with Crippen molar-refractivity contribution in [1.29, 1.82) is 0 Å². The summed E-state index contributed by atoms with van der Waals surface area (Å²) in [5.41, 5.74) is 1.97.